The Balaban J connectivity index is 1.62. The van der Waals surface area contributed by atoms with Crippen LogP contribution in [0.15, 0.2) is 48.5 Å². The van der Waals surface area contributed by atoms with Gasteiger partial charge in [-0.1, -0.05) is 41.9 Å². The molecule has 1 fully saturated rings. The Bertz CT molecular complexity index is 1210. The summed E-state index contributed by atoms with van der Waals surface area (Å²) in [5.41, 5.74) is 2.83. The quantitative estimate of drug-likeness (QED) is 0.540. The van der Waals surface area contributed by atoms with Gasteiger partial charge in [0.1, 0.15) is 0 Å². The lowest BCUT2D eigenvalue weighted by molar-refractivity contribution is -0.166. The van der Waals surface area contributed by atoms with E-state index in [0.717, 1.165) is 40.6 Å². The number of benzene rings is 2. The van der Waals surface area contributed by atoms with E-state index in [4.69, 9.17) is 16.7 Å². The topological polar surface area (TPSA) is 76.6 Å². The van der Waals surface area contributed by atoms with Gasteiger partial charge < -0.3 is 19.9 Å². The molecule has 1 saturated heterocycles. The van der Waals surface area contributed by atoms with Crippen LogP contribution in [0.2, 0.25) is 5.02 Å². The number of aromatic amines is 1. The number of aromatic nitrogens is 1. The lowest BCUT2D eigenvalue weighted by atomic mass is 9.76. The number of halogens is 1. The number of hydrogen-bond donors (Lipinski definition) is 2. The molecule has 2 N–H and O–H groups in total. The van der Waals surface area contributed by atoms with Gasteiger partial charge in [-0.3, -0.25) is 9.59 Å². The Hall–Kier alpha value is -2.83. The summed E-state index contributed by atoms with van der Waals surface area (Å²) in [4.78, 5) is 34.2. The molecule has 0 radical (unpaired) electrons. The summed E-state index contributed by atoms with van der Waals surface area (Å²) in [6.45, 7) is 3.07. The molecular formula is C26H28ClN3O3. The molecule has 2 amide bonds. The molecule has 3 heterocycles. The highest BCUT2D eigenvalue weighted by molar-refractivity contribution is 6.30. The number of nitrogens with zero attached hydrogens (tertiary/aromatic N) is 2. The van der Waals surface area contributed by atoms with Crippen molar-refractivity contribution in [3.63, 3.8) is 0 Å². The van der Waals surface area contributed by atoms with E-state index in [0.29, 0.717) is 24.5 Å². The molecule has 172 valence electrons. The molecule has 2 aromatic carbocycles. The first-order valence-electron chi connectivity index (χ1n) is 11.5. The van der Waals surface area contributed by atoms with Crippen molar-refractivity contribution in [2.75, 3.05) is 26.2 Å². The maximum absolute atomic E-state index is 13.9. The van der Waals surface area contributed by atoms with Crippen LogP contribution < -0.4 is 0 Å². The molecule has 6 nitrogen and oxygen atoms in total. The van der Waals surface area contributed by atoms with Crippen molar-refractivity contribution in [2.45, 2.75) is 37.6 Å². The Morgan fingerprint density at radius 3 is 2.61 bits per heavy atom. The summed E-state index contributed by atoms with van der Waals surface area (Å²) in [5, 5.41) is 10.8. The van der Waals surface area contributed by atoms with Crippen molar-refractivity contribution in [1.29, 1.82) is 0 Å². The zero-order chi connectivity index (χ0) is 23.2. The molecule has 2 aliphatic heterocycles. The maximum atomic E-state index is 13.9. The molecule has 33 heavy (non-hydrogen) atoms. The molecule has 1 aromatic heterocycles. The number of aliphatic hydroxyl groups excluding tert-OH is 1. The predicted octanol–water partition coefficient (Wildman–Crippen LogP) is 4.02. The zero-order valence-electron chi connectivity index (χ0n) is 18.7. The summed E-state index contributed by atoms with van der Waals surface area (Å²) >= 11 is 6.14. The molecule has 2 atom stereocenters. The number of unbranched alkanes of at least 4 members (excludes halogenated alkanes) is 2. The number of aliphatic hydroxyl groups is 1. The third-order valence-electron chi connectivity index (χ3n) is 7.18. The molecule has 2 aliphatic rings. The van der Waals surface area contributed by atoms with E-state index in [-0.39, 0.29) is 30.9 Å². The van der Waals surface area contributed by atoms with Gasteiger partial charge in [-0.15, -0.1) is 0 Å². The number of carbonyl (C=O) groups is 2. The highest BCUT2D eigenvalue weighted by Gasteiger charge is 2.56. The van der Waals surface area contributed by atoms with Gasteiger partial charge in [-0.2, -0.15) is 0 Å². The van der Waals surface area contributed by atoms with Gasteiger partial charge in [-0.25, -0.2) is 0 Å². The Morgan fingerprint density at radius 2 is 1.85 bits per heavy atom. The minimum Gasteiger partial charge on any atom is -0.396 e. The van der Waals surface area contributed by atoms with Crippen LogP contribution in [0.25, 0.3) is 10.9 Å². The van der Waals surface area contributed by atoms with Crippen molar-refractivity contribution in [3.05, 3.63) is 70.4 Å². The van der Waals surface area contributed by atoms with E-state index in [9.17, 15) is 9.59 Å². The van der Waals surface area contributed by atoms with Crippen molar-refractivity contribution in [2.24, 2.45) is 0 Å². The fourth-order valence-electron chi connectivity index (χ4n) is 5.44. The molecule has 0 bridgehead atoms. The van der Waals surface area contributed by atoms with Gasteiger partial charge in [0, 0.05) is 41.5 Å². The second-order valence-corrected chi connectivity index (χ2v) is 9.59. The molecule has 0 spiro atoms. The van der Waals surface area contributed by atoms with Crippen molar-refractivity contribution < 1.29 is 14.7 Å². The summed E-state index contributed by atoms with van der Waals surface area (Å²) in [5.74, 6) is -0.148. The number of H-pyrrole nitrogens is 1. The Labute approximate surface area is 198 Å². The van der Waals surface area contributed by atoms with E-state index in [1.54, 1.807) is 9.80 Å². The Morgan fingerprint density at radius 1 is 1.09 bits per heavy atom. The number of para-hydroxylation sites is 1. The molecule has 0 saturated carbocycles. The Kier molecular flexibility index (Phi) is 5.67. The second-order valence-electron chi connectivity index (χ2n) is 9.15. The van der Waals surface area contributed by atoms with Gasteiger partial charge >= 0.3 is 0 Å². The first-order valence-corrected chi connectivity index (χ1v) is 11.9. The first kappa shape index (κ1) is 22.0. The highest BCUT2D eigenvalue weighted by Crippen LogP contribution is 2.48. The normalized spacial score (nSPS) is 22.6. The average Bonchev–Trinajstić information content (AvgIpc) is 3.21. The molecule has 7 heteroatoms. The lowest BCUT2D eigenvalue weighted by Crippen LogP contribution is -2.67. The summed E-state index contributed by atoms with van der Waals surface area (Å²) < 4.78 is 0. The van der Waals surface area contributed by atoms with Crippen LogP contribution in [-0.2, 0) is 15.1 Å². The number of carbonyl (C=O) groups excluding carboxylic acids is 2. The van der Waals surface area contributed by atoms with Crippen LogP contribution in [0.4, 0.5) is 0 Å². The van der Waals surface area contributed by atoms with E-state index < -0.39 is 5.54 Å². The summed E-state index contributed by atoms with van der Waals surface area (Å²) in [6.07, 6.45) is 2.29. The van der Waals surface area contributed by atoms with E-state index in [1.165, 1.54) is 0 Å². The first-order chi connectivity index (χ1) is 15.9. The minimum absolute atomic E-state index is 0.0393. The van der Waals surface area contributed by atoms with Crippen molar-refractivity contribution in [3.8, 4) is 0 Å². The number of amides is 2. The van der Waals surface area contributed by atoms with Crippen LogP contribution >= 0.6 is 11.6 Å². The van der Waals surface area contributed by atoms with E-state index >= 15 is 0 Å². The molecule has 3 aromatic rings. The van der Waals surface area contributed by atoms with Gasteiger partial charge in [0.25, 0.3) is 5.91 Å². The number of piperazine rings is 1. The standard InChI is InChI=1S/C26H28ClN3O3/c1-26-24-23(19-7-3-4-8-21(19)28-24)20(17-9-11-18(27)12-10-17)15-30(26)22(32)16-29(25(26)33)13-5-2-6-14-31/h3-4,7-12,20,28,31H,2,5-6,13-16H2,1H3/t20?,26-/m0/s1. The third kappa shape index (κ3) is 3.52. The largest absolute Gasteiger partial charge is 0.396 e. The van der Waals surface area contributed by atoms with Gasteiger partial charge in [-0.05, 0) is 55.5 Å². The highest BCUT2D eigenvalue weighted by atomic mass is 35.5. The smallest absolute Gasteiger partial charge is 0.254 e. The third-order valence-corrected chi connectivity index (χ3v) is 7.43. The average molecular weight is 466 g/mol. The summed E-state index contributed by atoms with van der Waals surface area (Å²) in [6, 6.07) is 15.8. The predicted molar refractivity (Wildman–Crippen MR) is 128 cm³/mol. The SMILES string of the molecule is C[C@]12C(=O)N(CCCCCO)CC(=O)N1CC(c1ccc(Cl)cc1)c1c2[nH]c2ccccc12. The molecule has 0 aliphatic carbocycles. The molecule has 5 rings (SSSR count). The van der Waals surface area contributed by atoms with Crippen LogP contribution in [0.1, 0.15) is 48.9 Å². The number of hydrogen-bond acceptors (Lipinski definition) is 3. The van der Waals surface area contributed by atoms with Crippen LogP contribution in [0.3, 0.4) is 0 Å². The van der Waals surface area contributed by atoms with Crippen LogP contribution in [0, 0.1) is 0 Å². The van der Waals surface area contributed by atoms with Crippen LogP contribution in [0.5, 0.6) is 0 Å². The van der Waals surface area contributed by atoms with Crippen LogP contribution in [-0.4, -0.2) is 57.9 Å². The zero-order valence-corrected chi connectivity index (χ0v) is 19.4. The second kappa shape index (κ2) is 8.50. The number of rotatable bonds is 6. The van der Waals surface area contributed by atoms with Gasteiger partial charge in [0.15, 0.2) is 5.54 Å². The number of nitrogens with one attached hydrogen (secondary N) is 1. The van der Waals surface area contributed by atoms with E-state index in [2.05, 4.69) is 11.1 Å². The fraction of sp³-hybridized carbons (Fsp3) is 0.385. The number of fused-ring (bicyclic) bond motifs is 5. The summed E-state index contributed by atoms with van der Waals surface area (Å²) in [7, 11) is 0. The monoisotopic (exact) mass is 465 g/mol. The lowest BCUT2D eigenvalue weighted by Gasteiger charge is -2.51. The molecular weight excluding hydrogens is 438 g/mol. The maximum Gasteiger partial charge on any atom is 0.254 e. The minimum atomic E-state index is -1.08. The van der Waals surface area contributed by atoms with Crippen molar-refractivity contribution in [1.82, 2.24) is 14.8 Å². The molecule has 1 unspecified atom stereocenters. The van der Waals surface area contributed by atoms with E-state index in [1.807, 2.05) is 49.4 Å². The van der Waals surface area contributed by atoms with Gasteiger partial charge in [0.05, 0.1) is 12.2 Å². The van der Waals surface area contributed by atoms with Gasteiger partial charge in [0.2, 0.25) is 5.91 Å². The fourth-order valence-corrected chi connectivity index (χ4v) is 5.57. The van der Waals surface area contributed by atoms with Crippen molar-refractivity contribution >= 4 is 34.3 Å².